The fourth-order valence-electron chi connectivity index (χ4n) is 4.65. The van der Waals surface area contributed by atoms with Gasteiger partial charge in [-0.05, 0) is 60.9 Å². The number of nitrogens with one attached hydrogen (secondary N) is 1. The minimum absolute atomic E-state index is 0.118. The Hall–Kier alpha value is -3.85. The lowest BCUT2D eigenvalue weighted by molar-refractivity contribution is -0.127. The van der Waals surface area contributed by atoms with Crippen LogP contribution in [0, 0.1) is 5.82 Å². The molecule has 2 aliphatic rings. The maximum atomic E-state index is 13.6. The van der Waals surface area contributed by atoms with Crippen LogP contribution >= 0.6 is 0 Å². The summed E-state index contributed by atoms with van der Waals surface area (Å²) in [5.74, 6) is -0.903. The van der Waals surface area contributed by atoms with Crippen molar-refractivity contribution in [3.8, 4) is 0 Å². The zero-order chi connectivity index (χ0) is 25.9. The largest absolute Gasteiger partial charge is 0.352 e. The average molecular weight is 520 g/mol. The second kappa shape index (κ2) is 10.6. The second-order valence-electron chi connectivity index (χ2n) is 9.06. The third kappa shape index (κ3) is 5.17. The first-order valence-corrected chi connectivity index (χ1v) is 13.3. The summed E-state index contributed by atoms with van der Waals surface area (Å²) in [4.78, 5) is 42.5. The number of nitrogens with zero attached hydrogens (tertiary/aromatic N) is 2. The van der Waals surface area contributed by atoms with Gasteiger partial charge in [0.2, 0.25) is 5.91 Å². The molecule has 3 aromatic rings. The van der Waals surface area contributed by atoms with Crippen LogP contribution in [0.2, 0.25) is 0 Å². The predicted octanol–water partition coefficient (Wildman–Crippen LogP) is 3.90. The molecule has 2 aliphatic heterocycles. The Bertz CT molecular complexity index is 1390. The van der Waals surface area contributed by atoms with E-state index in [9.17, 15) is 23.0 Å². The highest BCUT2D eigenvalue weighted by Gasteiger charge is 2.31. The van der Waals surface area contributed by atoms with E-state index in [1.807, 2.05) is 0 Å². The van der Waals surface area contributed by atoms with Crippen molar-refractivity contribution in [2.24, 2.45) is 0 Å². The van der Waals surface area contributed by atoms with E-state index >= 15 is 0 Å². The fraction of sp³-hybridized carbons (Fsp3) is 0.250. The Morgan fingerprint density at radius 1 is 1.00 bits per heavy atom. The molecule has 7 nitrogen and oxygen atoms in total. The summed E-state index contributed by atoms with van der Waals surface area (Å²) in [6, 6.07) is 17.4. The van der Waals surface area contributed by atoms with Crippen LogP contribution in [-0.2, 0) is 22.1 Å². The molecule has 0 spiro atoms. The third-order valence-electron chi connectivity index (χ3n) is 6.59. The Morgan fingerprint density at radius 2 is 1.78 bits per heavy atom. The molecule has 1 saturated heterocycles. The van der Waals surface area contributed by atoms with E-state index in [1.54, 1.807) is 59.5 Å². The van der Waals surface area contributed by atoms with Gasteiger partial charge in [-0.2, -0.15) is 0 Å². The summed E-state index contributed by atoms with van der Waals surface area (Å²) in [6.45, 7) is 1.87. The van der Waals surface area contributed by atoms with Gasteiger partial charge in [-0.25, -0.2) is 8.60 Å². The molecule has 1 N–H and O–H groups in total. The molecule has 3 amide bonds. The predicted molar refractivity (Wildman–Crippen MR) is 137 cm³/mol. The summed E-state index contributed by atoms with van der Waals surface area (Å²) in [6.07, 6.45) is 2.09. The smallest absolute Gasteiger partial charge is 0.259 e. The van der Waals surface area contributed by atoms with Crippen LogP contribution < -0.4 is 10.2 Å². The molecule has 0 aromatic heterocycles. The zero-order valence-electron chi connectivity index (χ0n) is 20.1. The normalized spacial score (nSPS) is 16.8. The molecule has 1 unspecified atom stereocenters. The molecule has 0 aliphatic carbocycles. The number of amides is 3. The number of fused-ring (bicyclic) bond motifs is 2. The Balaban J connectivity index is 1.41. The molecule has 2 heterocycles. The summed E-state index contributed by atoms with van der Waals surface area (Å²) in [7, 11) is -1.64. The van der Waals surface area contributed by atoms with Gasteiger partial charge in [-0.15, -0.1) is 0 Å². The molecule has 190 valence electrons. The molecule has 9 heteroatoms. The van der Waals surface area contributed by atoms with E-state index in [0.29, 0.717) is 58.1 Å². The van der Waals surface area contributed by atoms with Crippen LogP contribution in [0.15, 0.2) is 76.5 Å². The number of hydrogen-bond acceptors (Lipinski definition) is 4. The van der Waals surface area contributed by atoms with Crippen molar-refractivity contribution < 1.29 is 23.0 Å². The minimum atomic E-state index is -1.64. The lowest BCUT2D eigenvalue weighted by Gasteiger charge is -2.23. The van der Waals surface area contributed by atoms with Crippen molar-refractivity contribution in [3.63, 3.8) is 0 Å². The molecule has 5 rings (SSSR count). The third-order valence-corrected chi connectivity index (χ3v) is 8.09. The minimum Gasteiger partial charge on any atom is -0.352 e. The van der Waals surface area contributed by atoms with E-state index in [1.165, 1.54) is 17.0 Å². The SMILES string of the molecule is O=C(NCCCN1CCCC1=O)c1ccc2c(c1)N(Cc1ccc(F)cc1)C(=O)c1ccccc1S2=O. The zero-order valence-corrected chi connectivity index (χ0v) is 20.9. The highest BCUT2D eigenvalue weighted by atomic mass is 32.2. The Labute approximate surface area is 216 Å². The Kier molecular flexibility index (Phi) is 7.14. The van der Waals surface area contributed by atoms with Gasteiger partial charge >= 0.3 is 0 Å². The summed E-state index contributed by atoms with van der Waals surface area (Å²) in [5, 5.41) is 2.87. The van der Waals surface area contributed by atoms with Gasteiger partial charge in [0, 0.05) is 31.6 Å². The first-order valence-electron chi connectivity index (χ1n) is 12.2. The topological polar surface area (TPSA) is 86.8 Å². The van der Waals surface area contributed by atoms with E-state index in [4.69, 9.17) is 0 Å². The van der Waals surface area contributed by atoms with Crippen LogP contribution in [0.1, 0.15) is 45.5 Å². The molecular formula is C28H26FN3O4S. The highest BCUT2D eigenvalue weighted by Crippen LogP contribution is 2.36. The van der Waals surface area contributed by atoms with Crippen LogP contribution in [0.25, 0.3) is 0 Å². The maximum absolute atomic E-state index is 13.6. The van der Waals surface area contributed by atoms with Gasteiger partial charge < -0.3 is 15.1 Å². The monoisotopic (exact) mass is 519 g/mol. The standard InChI is InChI=1S/C28H26FN3O4S/c29-21-11-8-19(9-12-21)18-32-23-17-20(27(34)30-14-4-16-31-15-3-7-26(31)33)10-13-25(23)37(36)24-6-2-1-5-22(24)28(32)35/h1-2,5-6,8-13,17H,3-4,7,14-16,18H2,(H,30,34). The van der Waals surface area contributed by atoms with Gasteiger partial charge in [0.05, 0.1) is 38.4 Å². The molecule has 1 atom stereocenters. The number of carbonyl (C=O) groups excluding carboxylic acids is 3. The number of halogens is 1. The number of hydrogen-bond donors (Lipinski definition) is 1. The van der Waals surface area contributed by atoms with Gasteiger partial charge in [-0.1, -0.05) is 24.3 Å². The summed E-state index contributed by atoms with van der Waals surface area (Å²) < 4.78 is 27.0. The number of anilines is 1. The lowest BCUT2D eigenvalue weighted by Crippen LogP contribution is -2.32. The first kappa shape index (κ1) is 24.8. The Morgan fingerprint density at radius 3 is 2.54 bits per heavy atom. The molecule has 0 bridgehead atoms. The second-order valence-corrected chi connectivity index (χ2v) is 10.5. The molecule has 1 fully saturated rings. The van der Waals surface area contributed by atoms with Crippen molar-refractivity contribution in [3.05, 3.63) is 89.2 Å². The number of rotatable bonds is 7. The van der Waals surface area contributed by atoms with E-state index in [2.05, 4.69) is 5.32 Å². The van der Waals surface area contributed by atoms with E-state index in [-0.39, 0.29) is 30.1 Å². The number of benzene rings is 3. The quantitative estimate of drug-likeness (QED) is 0.480. The first-order chi connectivity index (χ1) is 17.9. The van der Waals surface area contributed by atoms with E-state index < -0.39 is 10.8 Å². The van der Waals surface area contributed by atoms with Gasteiger partial charge in [0.25, 0.3) is 11.8 Å². The van der Waals surface area contributed by atoms with Crippen molar-refractivity contribution in [2.45, 2.75) is 35.6 Å². The number of likely N-dealkylation sites (tertiary alicyclic amines) is 1. The average Bonchev–Trinajstić information content (AvgIpc) is 3.30. The van der Waals surface area contributed by atoms with Gasteiger partial charge in [0.1, 0.15) is 5.82 Å². The van der Waals surface area contributed by atoms with Gasteiger partial charge in [-0.3, -0.25) is 14.4 Å². The molecule has 0 radical (unpaired) electrons. The molecular weight excluding hydrogens is 493 g/mol. The van der Waals surface area contributed by atoms with E-state index in [0.717, 1.165) is 13.0 Å². The van der Waals surface area contributed by atoms with Crippen LogP contribution in [-0.4, -0.2) is 46.5 Å². The van der Waals surface area contributed by atoms with Gasteiger partial charge in [0.15, 0.2) is 0 Å². The van der Waals surface area contributed by atoms with Crippen molar-refractivity contribution in [1.29, 1.82) is 0 Å². The summed E-state index contributed by atoms with van der Waals surface area (Å²) in [5.41, 5.74) is 1.72. The van der Waals surface area contributed by atoms with Crippen LogP contribution in [0.4, 0.5) is 10.1 Å². The molecule has 37 heavy (non-hydrogen) atoms. The molecule has 3 aromatic carbocycles. The number of carbonyl (C=O) groups is 3. The van der Waals surface area contributed by atoms with Crippen molar-refractivity contribution >= 4 is 34.2 Å². The fourth-order valence-corrected chi connectivity index (χ4v) is 5.99. The summed E-state index contributed by atoms with van der Waals surface area (Å²) >= 11 is 0. The maximum Gasteiger partial charge on any atom is 0.259 e. The van der Waals surface area contributed by atoms with Crippen molar-refractivity contribution in [1.82, 2.24) is 10.2 Å². The van der Waals surface area contributed by atoms with Crippen LogP contribution in [0.5, 0.6) is 0 Å². The van der Waals surface area contributed by atoms with Crippen LogP contribution in [0.3, 0.4) is 0 Å². The highest BCUT2D eigenvalue weighted by molar-refractivity contribution is 7.85. The lowest BCUT2D eigenvalue weighted by atomic mass is 10.1. The molecule has 0 saturated carbocycles. The van der Waals surface area contributed by atoms with Crippen molar-refractivity contribution in [2.75, 3.05) is 24.5 Å².